The number of hydrogen-bond donors (Lipinski definition) is 2. The first-order valence-electron chi connectivity index (χ1n) is 12.2. The summed E-state index contributed by atoms with van der Waals surface area (Å²) in [5.74, 6) is -1.82. The van der Waals surface area contributed by atoms with Crippen LogP contribution in [-0.2, 0) is 30.0 Å². The van der Waals surface area contributed by atoms with Crippen LogP contribution in [0.1, 0.15) is 62.6 Å². The lowest BCUT2D eigenvalue weighted by molar-refractivity contribution is -0.143. The SMILES string of the molecule is Nc1cc(F)ccc1CC(=O)/C=C/c1ccc2c(c1)CCCC2NC(=O)c1cc(C(F)(F)F)cc(C(F)(F)F)c1. The highest BCUT2D eigenvalue weighted by Crippen LogP contribution is 2.37. The topological polar surface area (TPSA) is 72.2 Å². The molecule has 40 heavy (non-hydrogen) atoms. The Kier molecular flexibility index (Phi) is 8.04. The minimum absolute atomic E-state index is 0.0206. The predicted molar refractivity (Wildman–Crippen MR) is 135 cm³/mol. The Morgan fingerprint density at radius 2 is 1.60 bits per heavy atom. The van der Waals surface area contributed by atoms with Crippen molar-refractivity contribution in [1.29, 1.82) is 0 Å². The van der Waals surface area contributed by atoms with E-state index in [-0.39, 0.29) is 24.0 Å². The van der Waals surface area contributed by atoms with Crippen molar-refractivity contribution in [2.24, 2.45) is 0 Å². The quantitative estimate of drug-likeness (QED) is 0.191. The molecule has 0 bridgehead atoms. The molecule has 210 valence electrons. The molecule has 0 saturated carbocycles. The molecule has 4 rings (SSSR count). The minimum Gasteiger partial charge on any atom is -0.398 e. The number of ketones is 1. The van der Waals surface area contributed by atoms with Crippen LogP contribution >= 0.6 is 0 Å². The number of carbonyl (C=O) groups excluding carboxylic acids is 2. The fourth-order valence-electron chi connectivity index (χ4n) is 4.58. The maximum Gasteiger partial charge on any atom is 0.416 e. The van der Waals surface area contributed by atoms with Crippen LogP contribution in [0, 0.1) is 5.82 Å². The van der Waals surface area contributed by atoms with E-state index in [1.807, 2.05) is 0 Å². The smallest absolute Gasteiger partial charge is 0.398 e. The summed E-state index contributed by atoms with van der Waals surface area (Å²) in [7, 11) is 0. The van der Waals surface area contributed by atoms with Crippen LogP contribution in [0.5, 0.6) is 0 Å². The van der Waals surface area contributed by atoms with E-state index in [1.54, 1.807) is 24.3 Å². The van der Waals surface area contributed by atoms with Gasteiger partial charge in [-0.25, -0.2) is 4.39 Å². The first-order valence-corrected chi connectivity index (χ1v) is 12.2. The number of allylic oxidation sites excluding steroid dienone is 1. The van der Waals surface area contributed by atoms with Crippen LogP contribution in [0.15, 0.2) is 60.7 Å². The first-order chi connectivity index (χ1) is 18.7. The molecule has 1 unspecified atom stereocenters. The third-order valence-corrected chi connectivity index (χ3v) is 6.57. The number of amides is 1. The summed E-state index contributed by atoms with van der Waals surface area (Å²) < 4.78 is 92.4. The molecule has 1 aliphatic rings. The van der Waals surface area contributed by atoms with Gasteiger partial charge in [0.1, 0.15) is 5.82 Å². The summed E-state index contributed by atoms with van der Waals surface area (Å²) in [5.41, 5.74) is 4.72. The standard InChI is InChI=1S/C29H23F7N2O2/c30-22-7-6-18(25(37)15-22)13-23(39)8-4-16-5-9-24-17(10-16)2-1-3-26(24)38-27(40)19-11-20(28(31,32)33)14-21(12-19)29(34,35)36/h4-12,14-15,26H,1-3,13,37H2,(H,38,40)/b8-4+. The Hall–Kier alpha value is -4.15. The van der Waals surface area contributed by atoms with Crippen molar-refractivity contribution in [3.8, 4) is 0 Å². The maximum absolute atomic E-state index is 13.2. The molecule has 11 heteroatoms. The van der Waals surface area contributed by atoms with Gasteiger partial charge in [-0.15, -0.1) is 0 Å². The van der Waals surface area contributed by atoms with Gasteiger partial charge in [-0.1, -0.05) is 30.3 Å². The molecule has 0 fully saturated rings. The number of aryl methyl sites for hydroxylation is 1. The van der Waals surface area contributed by atoms with E-state index in [1.165, 1.54) is 18.2 Å². The molecular weight excluding hydrogens is 541 g/mol. The van der Waals surface area contributed by atoms with Crippen molar-refractivity contribution in [3.05, 3.63) is 105 Å². The van der Waals surface area contributed by atoms with E-state index in [0.29, 0.717) is 48.1 Å². The zero-order valence-corrected chi connectivity index (χ0v) is 20.8. The lowest BCUT2D eigenvalue weighted by Gasteiger charge is -2.27. The van der Waals surface area contributed by atoms with Gasteiger partial charge >= 0.3 is 12.4 Å². The van der Waals surface area contributed by atoms with Crippen LogP contribution in [0.3, 0.4) is 0 Å². The van der Waals surface area contributed by atoms with Crippen molar-refractivity contribution >= 4 is 23.5 Å². The second-order valence-electron chi connectivity index (χ2n) is 9.49. The minimum atomic E-state index is -5.06. The molecule has 3 N–H and O–H groups in total. The average Bonchev–Trinajstić information content (AvgIpc) is 2.88. The second kappa shape index (κ2) is 11.1. The molecule has 3 aromatic carbocycles. The van der Waals surface area contributed by atoms with Crippen molar-refractivity contribution < 1.29 is 40.3 Å². The Labute approximate surface area is 224 Å². The van der Waals surface area contributed by atoms with Crippen molar-refractivity contribution in [1.82, 2.24) is 5.32 Å². The van der Waals surface area contributed by atoms with Gasteiger partial charge in [-0.2, -0.15) is 26.3 Å². The zero-order valence-electron chi connectivity index (χ0n) is 20.8. The van der Waals surface area contributed by atoms with Gasteiger partial charge in [0.05, 0.1) is 17.2 Å². The normalized spacial score (nSPS) is 15.6. The molecule has 4 nitrogen and oxygen atoms in total. The number of fused-ring (bicyclic) bond motifs is 1. The van der Waals surface area contributed by atoms with Gasteiger partial charge in [0.15, 0.2) is 5.78 Å². The number of anilines is 1. The highest BCUT2D eigenvalue weighted by atomic mass is 19.4. The number of rotatable bonds is 6. The monoisotopic (exact) mass is 564 g/mol. The summed E-state index contributed by atoms with van der Waals surface area (Å²) in [4.78, 5) is 25.2. The van der Waals surface area contributed by atoms with E-state index in [2.05, 4.69) is 5.32 Å². The molecule has 0 heterocycles. The average molecular weight is 565 g/mol. The highest BCUT2D eigenvalue weighted by Gasteiger charge is 2.37. The number of hydrogen-bond acceptors (Lipinski definition) is 3. The predicted octanol–water partition coefficient (Wildman–Crippen LogP) is 7.08. The fraction of sp³-hybridized carbons (Fsp3) is 0.241. The van der Waals surface area contributed by atoms with E-state index < -0.39 is 46.8 Å². The lowest BCUT2D eigenvalue weighted by Crippen LogP contribution is -2.31. The van der Waals surface area contributed by atoms with E-state index >= 15 is 0 Å². The fourth-order valence-corrected chi connectivity index (χ4v) is 4.58. The van der Waals surface area contributed by atoms with E-state index in [9.17, 15) is 40.3 Å². The van der Waals surface area contributed by atoms with Crippen LogP contribution < -0.4 is 11.1 Å². The summed E-state index contributed by atoms with van der Waals surface area (Å²) in [6.07, 6.45) is -5.51. The third kappa shape index (κ3) is 6.88. The van der Waals surface area contributed by atoms with Gasteiger partial charge < -0.3 is 11.1 Å². The van der Waals surface area contributed by atoms with E-state index in [0.717, 1.165) is 11.6 Å². The Morgan fingerprint density at radius 1 is 0.925 bits per heavy atom. The first kappa shape index (κ1) is 28.8. The molecular formula is C29H23F7N2O2. The molecule has 0 radical (unpaired) electrons. The van der Waals surface area contributed by atoms with Crippen LogP contribution in [0.2, 0.25) is 0 Å². The number of nitrogens with two attached hydrogens (primary N) is 1. The number of benzene rings is 3. The van der Waals surface area contributed by atoms with Crippen LogP contribution in [-0.4, -0.2) is 11.7 Å². The Bertz CT molecular complexity index is 1440. The Balaban J connectivity index is 1.50. The molecule has 1 aliphatic carbocycles. The summed E-state index contributed by atoms with van der Waals surface area (Å²) in [6, 6.07) is 9.12. The summed E-state index contributed by atoms with van der Waals surface area (Å²) >= 11 is 0. The molecule has 0 spiro atoms. The summed E-state index contributed by atoms with van der Waals surface area (Å²) in [6.45, 7) is 0. The van der Waals surface area contributed by atoms with Crippen molar-refractivity contribution in [2.75, 3.05) is 5.73 Å². The van der Waals surface area contributed by atoms with Gasteiger partial charge in [0.2, 0.25) is 0 Å². The largest absolute Gasteiger partial charge is 0.416 e. The van der Waals surface area contributed by atoms with Crippen LogP contribution in [0.25, 0.3) is 6.08 Å². The molecule has 1 amide bonds. The van der Waals surface area contributed by atoms with Gasteiger partial charge in [-0.3, -0.25) is 9.59 Å². The molecule has 3 aromatic rings. The molecule has 0 aliphatic heterocycles. The highest BCUT2D eigenvalue weighted by molar-refractivity contribution is 5.96. The zero-order chi connectivity index (χ0) is 29.2. The van der Waals surface area contributed by atoms with Crippen molar-refractivity contribution in [3.63, 3.8) is 0 Å². The van der Waals surface area contributed by atoms with Gasteiger partial charge in [0, 0.05) is 17.7 Å². The Morgan fingerprint density at radius 3 is 2.23 bits per heavy atom. The third-order valence-electron chi connectivity index (χ3n) is 6.57. The number of halogens is 7. The van der Waals surface area contributed by atoms with Crippen LogP contribution in [0.4, 0.5) is 36.4 Å². The van der Waals surface area contributed by atoms with Gasteiger partial charge in [0.25, 0.3) is 5.91 Å². The lowest BCUT2D eigenvalue weighted by atomic mass is 9.86. The number of alkyl halides is 6. The molecule has 0 aromatic heterocycles. The maximum atomic E-state index is 13.2. The molecule has 0 saturated heterocycles. The molecule has 1 atom stereocenters. The van der Waals surface area contributed by atoms with Crippen molar-refractivity contribution in [2.45, 2.75) is 44.1 Å². The van der Waals surface area contributed by atoms with E-state index in [4.69, 9.17) is 5.73 Å². The summed E-state index contributed by atoms with van der Waals surface area (Å²) in [5, 5.41) is 2.57. The second-order valence-corrected chi connectivity index (χ2v) is 9.49. The number of nitrogens with one attached hydrogen (secondary N) is 1. The number of nitrogen functional groups attached to an aromatic ring is 1. The number of carbonyl (C=O) groups is 2. The van der Waals surface area contributed by atoms with Gasteiger partial charge in [-0.05, 0) is 77.9 Å².